The molecule has 0 heterocycles. The first-order valence-electron chi connectivity index (χ1n) is 6.67. The smallest absolute Gasteiger partial charge is 0.306 e. The first-order valence-corrected chi connectivity index (χ1v) is 7.65. The molecule has 106 valence electrons. The van der Waals surface area contributed by atoms with Crippen molar-refractivity contribution in [3.8, 4) is 0 Å². The maximum Gasteiger partial charge on any atom is 0.306 e. The third kappa shape index (κ3) is 6.12. The number of rotatable bonds is 8. The topological polar surface area (TPSA) is 38.3 Å². The van der Waals surface area contributed by atoms with E-state index in [-0.39, 0.29) is 5.97 Å². The Morgan fingerprint density at radius 3 is 2.84 bits per heavy atom. The average Bonchev–Trinajstić information content (AvgIpc) is 2.41. The second kappa shape index (κ2) is 8.99. The zero-order valence-corrected chi connectivity index (χ0v) is 12.8. The van der Waals surface area contributed by atoms with Crippen molar-refractivity contribution in [1.82, 2.24) is 5.32 Å². The van der Waals surface area contributed by atoms with Crippen LogP contribution in [0.4, 0.5) is 0 Å². The summed E-state index contributed by atoms with van der Waals surface area (Å²) in [5.41, 5.74) is 2.64. The van der Waals surface area contributed by atoms with Gasteiger partial charge in [0, 0.05) is 17.2 Å². The molecule has 0 bridgehead atoms. The van der Waals surface area contributed by atoms with E-state index in [9.17, 15) is 4.79 Å². The number of ether oxygens (including phenoxy) is 1. The molecule has 0 saturated carbocycles. The van der Waals surface area contributed by atoms with Crippen molar-refractivity contribution in [2.24, 2.45) is 0 Å². The fraction of sp³-hybridized carbons (Fsp3) is 0.533. The molecule has 1 aromatic rings. The number of methoxy groups -OCH3 is 1. The van der Waals surface area contributed by atoms with Crippen LogP contribution < -0.4 is 5.32 Å². The highest BCUT2D eigenvalue weighted by Gasteiger charge is 2.03. The molecule has 4 heteroatoms. The monoisotopic (exact) mass is 281 g/mol. The van der Waals surface area contributed by atoms with Crippen molar-refractivity contribution < 1.29 is 9.53 Å². The number of hydrogen-bond acceptors (Lipinski definition) is 4. The summed E-state index contributed by atoms with van der Waals surface area (Å²) in [5, 5.41) is 3.41. The Bertz CT molecular complexity index is 407. The third-order valence-corrected chi connectivity index (χ3v) is 3.85. The van der Waals surface area contributed by atoms with Crippen molar-refractivity contribution in [3.63, 3.8) is 0 Å². The highest BCUT2D eigenvalue weighted by Crippen LogP contribution is 2.22. The number of aryl methyl sites for hydroxylation is 1. The van der Waals surface area contributed by atoms with E-state index in [1.807, 2.05) is 0 Å². The summed E-state index contributed by atoms with van der Waals surface area (Å²) in [6, 6.07) is 6.47. The van der Waals surface area contributed by atoms with E-state index in [2.05, 4.69) is 42.1 Å². The van der Waals surface area contributed by atoms with Gasteiger partial charge in [-0.15, -0.1) is 11.8 Å². The second-order valence-corrected chi connectivity index (χ2v) is 5.61. The Morgan fingerprint density at radius 2 is 2.21 bits per heavy atom. The molecule has 0 amide bonds. The van der Waals surface area contributed by atoms with E-state index in [1.54, 1.807) is 11.8 Å². The molecule has 3 nitrogen and oxygen atoms in total. The number of esters is 1. The van der Waals surface area contributed by atoms with Gasteiger partial charge in [-0.2, -0.15) is 0 Å². The molecule has 0 aliphatic carbocycles. The Morgan fingerprint density at radius 1 is 1.42 bits per heavy atom. The predicted molar refractivity (Wildman–Crippen MR) is 80.5 cm³/mol. The quantitative estimate of drug-likeness (QED) is 0.451. The summed E-state index contributed by atoms with van der Waals surface area (Å²) in [6.07, 6.45) is 1.61. The Kier molecular flexibility index (Phi) is 7.60. The molecule has 19 heavy (non-hydrogen) atoms. The molecule has 0 atom stereocenters. The summed E-state index contributed by atoms with van der Waals surface area (Å²) in [5.74, 6) is 0.615. The van der Waals surface area contributed by atoms with Crippen LogP contribution in [0.3, 0.4) is 0 Å². The number of benzene rings is 1. The van der Waals surface area contributed by atoms with Gasteiger partial charge in [0.05, 0.1) is 13.5 Å². The Hall–Kier alpha value is -1.00. The molecule has 0 saturated heterocycles. The molecule has 0 spiro atoms. The molecule has 0 aliphatic rings. The molecule has 0 unspecified atom stereocenters. The van der Waals surface area contributed by atoms with Crippen LogP contribution in [0.5, 0.6) is 0 Å². The molecule has 0 radical (unpaired) electrons. The van der Waals surface area contributed by atoms with Gasteiger partial charge >= 0.3 is 5.97 Å². The van der Waals surface area contributed by atoms with Crippen molar-refractivity contribution in [1.29, 1.82) is 0 Å². The van der Waals surface area contributed by atoms with Gasteiger partial charge < -0.3 is 10.1 Å². The van der Waals surface area contributed by atoms with Crippen molar-refractivity contribution >= 4 is 17.7 Å². The van der Waals surface area contributed by atoms with Crippen LogP contribution >= 0.6 is 11.8 Å². The summed E-state index contributed by atoms with van der Waals surface area (Å²) >= 11 is 1.69. The molecule has 1 N–H and O–H groups in total. The van der Waals surface area contributed by atoms with Crippen LogP contribution in [0.2, 0.25) is 0 Å². The van der Waals surface area contributed by atoms with E-state index < -0.39 is 0 Å². The lowest BCUT2D eigenvalue weighted by Crippen LogP contribution is -2.14. The molecular weight excluding hydrogens is 258 g/mol. The molecule has 1 rings (SSSR count). The van der Waals surface area contributed by atoms with Crippen LogP contribution in [0, 0.1) is 6.92 Å². The molecular formula is C15H23NO2S. The molecule has 0 fully saturated rings. The highest BCUT2D eigenvalue weighted by molar-refractivity contribution is 7.99. The molecule has 0 aromatic heterocycles. The Labute approximate surface area is 120 Å². The number of thioether (sulfide) groups is 1. The lowest BCUT2D eigenvalue weighted by molar-refractivity contribution is -0.140. The summed E-state index contributed by atoms with van der Waals surface area (Å²) in [6.45, 7) is 6.27. The third-order valence-electron chi connectivity index (χ3n) is 2.86. The van der Waals surface area contributed by atoms with Gasteiger partial charge in [0.15, 0.2) is 0 Å². The maximum atomic E-state index is 11.0. The van der Waals surface area contributed by atoms with E-state index in [4.69, 9.17) is 0 Å². The zero-order valence-electron chi connectivity index (χ0n) is 12.0. The maximum absolute atomic E-state index is 11.0. The van der Waals surface area contributed by atoms with Crippen molar-refractivity contribution in [2.75, 3.05) is 19.4 Å². The normalized spacial score (nSPS) is 10.5. The van der Waals surface area contributed by atoms with Gasteiger partial charge in [-0.25, -0.2) is 0 Å². The highest BCUT2D eigenvalue weighted by atomic mass is 32.2. The van der Waals surface area contributed by atoms with Gasteiger partial charge in [-0.1, -0.05) is 13.0 Å². The first-order chi connectivity index (χ1) is 9.17. The SMILES string of the molecule is CCCNCc1ccc(SCCC(=O)OC)cc1C. The summed E-state index contributed by atoms with van der Waals surface area (Å²) in [7, 11) is 1.43. The number of nitrogens with one attached hydrogen (secondary N) is 1. The van der Waals surface area contributed by atoms with E-state index in [0.29, 0.717) is 6.42 Å². The van der Waals surface area contributed by atoms with Gasteiger partial charge in [0.2, 0.25) is 0 Å². The molecule has 0 aliphatic heterocycles. The van der Waals surface area contributed by atoms with Crippen LogP contribution in [-0.2, 0) is 16.1 Å². The Balaban J connectivity index is 2.44. The fourth-order valence-electron chi connectivity index (χ4n) is 1.71. The van der Waals surface area contributed by atoms with Crippen molar-refractivity contribution in [3.05, 3.63) is 29.3 Å². The average molecular weight is 281 g/mol. The number of carbonyl (C=O) groups is 1. The van der Waals surface area contributed by atoms with Crippen molar-refractivity contribution in [2.45, 2.75) is 38.1 Å². The standard InChI is InChI=1S/C15H23NO2S/c1-4-8-16-11-13-5-6-14(10-12(13)2)19-9-7-15(17)18-3/h5-6,10,16H,4,7-9,11H2,1-3H3. The summed E-state index contributed by atoms with van der Waals surface area (Å²) < 4.78 is 4.63. The predicted octanol–water partition coefficient (Wildman–Crippen LogP) is 3.15. The zero-order chi connectivity index (χ0) is 14.1. The lowest BCUT2D eigenvalue weighted by Gasteiger charge is -2.09. The largest absolute Gasteiger partial charge is 0.469 e. The molecule has 1 aromatic carbocycles. The minimum atomic E-state index is -0.149. The first kappa shape index (κ1) is 16.1. The van der Waals surface area contributed by atoms with Gasteiger partial charge in [0.25, 0.3) is 0 Å². The van der Waals surface area contributed by atoms with Crippen LogP contribution in [0.15, 0.2) is 23.1 Å². The summed E-state index contributed by atoms with van der Waals surface area (Å²) in [4.78, 5) is 12.2. The van der Waals surface area contributed by atoms with Gasteiger partial charge in [-0.05, 0) is 43.1 Å². The van der Waals surface area contributed by atoms with Crippen LogP contribution in [0.1, 0.15) is 30.9 Å². The minimum absolute atomic E-state index is 0.149. The van der Waals surface area contributed by atoms with Crippen LogP contribution in [0.25, 0.3) is 0 Å². The fourth-order valence-corrected chi connectivity index (χ4v) is 2.64. The number of carbonyl (C=O) groups excluding carboxylic acids is 1. The minimum Gasteiger partial charge on any atom is -0.469 e. The van der Waals surface area contributed by atoms with E-state index >= 15 is 0 Å². The second-order valence-electron chi connectivity index (χ2n) is 4.44. The van der Waals surface area contributed by atoms with Gasteiger partial charge in [0.1, 0.15) is 0 Å². The number of hydrogen-bond donors (Lipinski definition) is 1. The van der Waals surface area contributed by atoms with E-state index in [1.165, 1.54) is 23.1 Å². The lowest BCUT2D eigenvalue weighted by atomic mass is 10.1. The van der Waals surface area contributed by atoms with Crippen LogP contribution in [-0.4, -0.2) is 25.4 Å². The van der Waals surface area contributed by atoms with Gasteiger partial charge in [-0.3, -0.25) is 4.79 Å². The van der Waals surface area contributed by atoms with E-state index in [0.717, 1.165) is 25.3 Å².